The summed E-state index contributed by atoms with van der Waals surface area (Å²) in [6, 6.07) is 6.45. The van der Waals surface area contributed by atoms with Crippen LogP contribution in [0.5, 0.6) is 0 Å². The minimum atomic E-state index is -0.511. The fourth-order valence-corrected chi connectivity index (χ4v) is 3.18. The predicted molar refractivity (Wildman–Crippen MR) is 124 cm³/mol. The van der Waals surface area contributed by atoms with Gasteiger partial charge in [-0.15, -0.1) is 0 Å². The van der Waals surface area contributed by atoms with Crippen LogP contribution in [-0.2, 0) is 9.47 Å². The Labute approximate surface area is 190 Å². The Balaban J connectivity index is 2.40. The van der Waals surface area contributed by atoms with Gasteiger partial charge < -0.3 is 14.4 Å². The van der Waals surface area contributed by atoms with Crippen LogP contribution in [0.1, 0.15) is 61.3 Å². The van der Waals surface area contributed by atoms with E-state index in [0.717, 1.165) is 11.3 Å². The summed E-state index contributed by atoms with van der Waals surface area (Å²) in [4.78, 5) is 24.9. The van der Waals surface area contributed by atoms with Crippen molar-refractivity contribution in [2.45, 2.75) is 82.9 Å². The molecule has 1 amide bonds. The third kappa shape index (κ3) is 11.4. The van der Waals surface area contributed by atoms with E-state index < -0.39 is 10.5 Å². The van der Waals surface area contributed by atoms with Gasteiger partial charge in [0.2, 0.25) is 0 Å². The largest absolute Gasteiger partial charge is 0.444 e. The molecule has 0 aliphatic carbocycles. The predicted octanol–water partition coefficient (Wildman–Crippen LogP) is 5.41. The zero-order valence-corrected chi connectivity index (χ0v) is 20.8. The Morgan fingerprint density at radius 2 is 1.68 bits per heavy atom. The summed E-state index contributed by atoms with van der Waals surface area (Å²) in [5.74, 6) is 0. The topological polar surface area (TPSA) is 93.9 Å². The van der Waals surface area contributed by atoms with E-state index >= 15 is 0 Å². The van der Waals surface area contributed by atoms with E-state index in [4.69, 9.17) is 9.47 Å². The maximum atomic E-state index is 12.1. The van der Waals surface area contributed by atoms with Gasteiger partial charge in [0.05, 0.1) is 10.5 Å². The maximum absolute atomic E-state index is 12.1. The molecular weight excluding hydrogens is 418 g/mol. The Morgan fingerprint density at radius 3 is 2.19 bits per heavy atom. The molecule has 0 aliphatic rings. The van der Waals surface area contributed by atoms with Crippen molar-refractivity contribution in [2.24, 2.45) is 0 Å². The minimum absolute atomic E-state index is 0.0801. The molecule has 31 heavy (non-hydrogen) atoms. The molecule has 0 spiro atoms. The Bertz CT molecular complexity index is 730. The van der Waals surface area contributed by atoms with Crippen LogP contribution < -0.4 is 4.72 Å². The molecule has 1 rings (SSSR count). The number of nitro groups is 1. The fourth-order valence-electron chi connectivity index (χ4n) is 2.41. The molecule has 8 nitrogen and oxygen atoms in total. The monoisotopic (exact) mass is 455 g/mol. The summed E-state index contributed by atoms with van der Waals surface area (Å²) in [6.07, 6.45) is 1.13. The van der Waals surface area contributed by atoms with Crippen molar-refractivity contribution in [2.75, 3.05) is 20.2 Å². The van der Waals surface area contributed by atoms with Crippen LogP contribution in [0.15, 0.2) is 29.2 Å². The summed E-state index contributed by atoms with van der Waals surface area (Å²) in [6.45, 7) is 14.8. The van der Waals surface area contributed by atoms with Crippen LogP contribution in [0.4, 0.5) is 10.5 Å². The van der Waals surface area contributed by atoms with Gasteiger partial charge in [-0.1, -0.05) is 0 Å². The lowest BCUT2D eigenvalue weighted by molar-refractivity contribution is -0.384. The molecule has 0 radical (unpaired) electrons. The molecule has 0 unspecified atom stereocenters. The van der Waals surface area contributed by atoms with Gasteiger partial charge in [-0.25, -0.2) is 4.79 Å². The highest BCUT2D eigenvalue weighted by molar-refractivity contribution is 7.97. The van der Waals surface area contributed by atoms with Crippen molar-refractivity contribution >= 4 is 23.7 Å². The number of nitrogens with zero attached hydrogens (tertiary/aromatic N) is 2. The number of ether oxygens (including phenoxy) is 2. The number of hydrogen-bond donors (Lipinski definition) is 1. The second-order valence-corrected chi connectivity index (χ2v) is 10.7. The Morgan fingerprint density at radius 1 is 1.10 bits per heavy atom. The van der Waals surface area contributed by atoms with E-state index in [0.29, 0.717) is 19.6 Å². The Kier molecular flexibility index (Phi) is 9.78. The molecule has 9 heteroatoms. The van der Waals surface area contributed by atoms with Crippen LogP contribution in [0, 0.1) is 10.1 Å². The lowest BCUT2D eigenvalue weighted by Gasteiger charge is -2.31. The van der Waals surface area contributed by atoms with Gasteiger partial charge in [0, 0.05) is 42.8 Å². The van der Waals surface area contributed by atoms with Crippen LogP contribution >= 0.6 is 11.9 Å². The first kappa shape index (κ1) is 27.2. The van der Waals surface area contributed by atoms with Crippen LogP contribution in [0.25, 0.3) is 0 Å². The standard InChI is InChI=1S/C22H37N3O5S/c1-20(2,3)30-19(26)24(8)15-13-22(6,7)29-16-14-21(4,5)23-31-18-11-9-17(10-12-18)25(27)28/h9-12,23H,13-16H2,1-8H3. The lowest BCUT2D eigenvalue weighted by atomic mass is 10.0. The van der Waals surface area contributed by atoms with Gasteiger partial charge in [0.15, 0.2) is 0 Å². The summed E-state index contributed by atoms with van der Waals surface area (Å²) in [5, 5.41) is 10.7. The molecule has 0 aliphatic heterocycles. The number of non-ortho nitro benzene ring substituents is 1. The van der Waals surface area contributed by atoms with Crippen LogP contribution in [0.3, 0.4) is 0 Å². The summed E-state index contributed by atoms with van der Waals surface area (Å²) in [7, 11) is 1.73. The highest BCUT2D eigenvalue weighted by atomic mass is 32.2. The third-order valence-corrected chi connectivity index (χ3v) is 5.63. The molecule has 176 valence electrons. The van der Waals surface area contributed by atoms with Gasteiger partial charge in [0.25, 0.3) is 5.69 Å². The molecule has 0 atom stereocenters. The van der Waals surface area contributed by atoms with Gasteiger partial charge in [-0.2, -0.15) is 0 Å². The van der Waals surface area contributed by atoms with Gasteiger partial charge >= 0.3 is 6.09 Å². The smallest absolute Gasteiger partial charge is 0.410 e. The SMILES string of the molecule is CN(CCC(C)(C)OCCC(C)(C)NSc1ccc([N+](=O)[O-])cc1)C(=O)OC(C)(C)C. The average Bonchev–Trinajstić information content (AvgIpc) is 2.63. The number of nitro benzene ring substituents is 1. The number of carbonyl (C=O) groups is 1. The molecule has 0 saturated heterocycles. The van der Waals surface area contributed by atoms with E-state index in [1.165, 1.54) is 24.1 Å². The first-order valence-corrected chi connectivity index (χ1v) is 11.2. The second-order valence-electron chi connectivity index (χ2n) is 9.85. The average molecular weight is 456 g/mol. The van der Waals surface area contributed by atoms with Gasteiger partial charge in [-0.3, -0.25) is 14.8 Å². The van der Waals surface area contributed by atoms with Crippen molar-refractivity contribution in [1.29, 1.82) is 0 Å². The van der Waals surface area contributed by atoms with Gasteiger partial charge in [0.1, 0.15) is 5.60 Å². The van der Waals surface area contributed by atoms with Gasteiger partial charge in [-0.05, 0) is 85.4 Å². The van der Waals surface area contributed by atoms with Crippen LogP contribution in [0.2, 0.25) is 0 Å². The second kappa shape index (κ2) is 11.2. The quantitative estimate of drug-likeness (QED) is 0.271. The number of carbonyl (C=O) groups excluding carboxylic acids is 1. The van der Waals surface area contributed by atoms with E-state index in [-0.39, 0.29) is 22.9 Å². The van der Waals surface area contributed by atoms with Crippen molar-refractivity contribution in [1.82, 2.24) is 9.62 Å². The molecule has 1 aromatic rings. The number of nitrogens with one attached hydrogen (secondary N) is 1. The number of benzene rings is 1. The highest BCUT2D eigenvalue weighted by Crippen LogP contribution is 2.24. The van der Waals surface area contributed by atoms with Crippen molar-refractivity contribution in [3.8, 4) is 0 Å². The third-order valence-electron chi connectivity index (χ3n) is 4.47. The van der Waals surface area contributed by atoms with E-state index in [2.05, 4.69) is 18.6 Å². The minimum Gasteiger partial charge on any atom is -0.444 e. The first-order valence-electron chi connectivity index (χ1n) is 10.4. The van der Waals surface area contributed by atoms with E-state index in [1.54, 1.807) is 24.1 Å². The summed E-state index contributed by atoms with van der Waals surface area (Å²) < 4.78 is 14.9. The summed E-state index contributed by atoms with van der Waals surface area (Å²) in [5.41, 5.74) is -1.01. The Hall–Kier alpha value is -1.84. The number of amides is 1. The van der Waals surface area contributed by atoms with Crippen molar-refractivity contribution < 1.29 is 19.2 Å². The zero-order chi connectivity index (χ0) is 23.9. The summed E-state index contributed by atoms with van der Waals surface area (Å²) >= 11 is 1.44. The molecule has 0 aromatic heterocycles. The lowest BCUT2D eigenvalue weighted by Crippen LogP contribution is -2.39. The van der Waals surface area contributed by atoms with E-state index in [9.17, 15) is 14.9 Å². The number of rotatable bonds is 11. The zero-order valence-electron chi connectivity index (χ0n) is 20.0. The molecule has 1 aromatic carbocycles. The maximum Gasteiger partial charge on any atom is 0.410 e. The molecule has 0 saturated carbocycles. The van der Waals surface area contributed by atoms with E-state index in [1.807, 2.05) is 34.6 Å². The molecule has 0 fully saturated rings. The molecule has 0 bridgehead atoms. The number of hydrogen-bond acceptors (Lipinski definition) is 7. The normalized spacial score (nSPS) is 12.5. The first-order chi connectivity index (χ1) is 14.1. The van der Waals surface area contributed by atoms with Crippen molar-refractivity contribution in [3.63, 3.8) is 0 Å². The fraction of sp³-hybridized carbons (Fsp3) is 0.682. The van der Waals surface area contributed by atoms with Crippen molar-refractivity contribution in [3.05, 3.63) is 34.4 Å². The molecule has 0 heterocycles. The highest BCUT2D eigenvalue weighted by Gasteiger charge is 2.25. The van der Waals surface area contributed by atoms with Crippen LogP contribution in [-0.4, -0.2) is 52.9 Å². The molecular formula is C22H37N3O5S. The molecule has 1 N–H and O–H groups in total.